The molecule has 0 saturated carbocycles. The van der Waals surface area contributed by atoms with Crippen molar-refractivity contribution >= 4 is 29.2 Å². The summed E-state index contributed by atoms with van der Waals surface area (Å²) in [6.45, 7) is 2.83. The molecule has 1 fully saturated rings. The maximum atomic E-state index is 5.42. The predicted molar refractivity (Wildman–Crippen MR) is 100 cm³/mol. The molecule has 0 radical (unpaired) electrons. The lowest BCUT2D eigenvalue weighted by atomic mass is 10.3. The summed E-state index contributed by atoms with van der Waals surface area (Å²) in [4.78, 5) is 19.8. The minimum absolute atomic E-state index is 0.466. The molecule has 1 aliphatic heterocycles. The van der Waals surface area contributed by atoms with Crippen LogP contribution in [0.2, 0.25) is 0 Å². The number of hydrogen-bond donors (Lipinski definition) is 2. The fourth-order valence-corrected chi connectivity index (χ4v) is 2.60. The lowest BCUT2D eigenvalue weighted by molar-refractivity contribution is 0.122. The van der Waals surface area contributed by atoms with Crippen LogP contribution in [0.1, 0.15) is 0 Å². The molecule has 0 aliphatic carbocycles. The topological polar surface area (TPSA) is 88.1 Å². The highest BCUT2D eigenvalue weighted by Crippen LogP contribution is 2.20. The maximum Gasteiger partial charge on any atom is 0.233 e. The maximum absolute atomic E-state index is 5.42. The van der Waals surface area contributed by atoms with Crippen LogP contribution < -0.4 is 15.5 Å². The van der Waals surface area contributed by atoms with Crippen LogP contribution in [0.4, 0.5) is 29.2 Å². The van der Waals surface area contributed by atoms with E-state index < -0.39 is 0 Å². The van der Waals surface area contributed by atoms with Gasteiger partial charge in [0.25, 0.3) is 0 Å². The zero-order valence-corrected chi connectivity index (χ0v) is 14.2. The third-order valence-corrected chi connectivity index (χ3v) is 3.87. The third-order valence-electron chi connectivity index (χ3n) is 3.87. The van der Waals surface area contributed by atoms with Crippen LogP contribution >= 0.6 is 0 Å². The third kappa shape index (κ3) is 4.04. The van der Waals surface area contributed by atoms with Crippen LogP contribution in [-0.4, -0.2) is 46.2 Å². The van der Waals surface area contributed by atoms with Crippen molar-refractivity contribution in [1.82, 2.24) is 19.9 Å². The highest BCUT2D eigenvalue weighted by molar-refractivity contribution is 5.58. The van der Waals surface area contributed by atoms with Gasteiger partial charge in [-0.1, -0.05) is 18.2 Å². The molecule has 2 aromatic heterocycles. The summed E-state index contributed by atoms with van der Waals surface area (Å²) in [6.07, 6.45) is 3.45. The van der Waals surface area contributed by atoms with Gasteiger partial charge < -0.3 is 20.3 Å². The smallest absolute Gasteiger partial charge is 0.233 e. The second-order valence-corrected chi connectivity index (χ2v) is 5.74. The molecular weight excluding hydrogens is 330 g/mol. The molecule has 4 rings (SSSR count). The first kappa shape index (κ1) is 16.2. The Labute approximate surface area is 151 Å². The van der Waals surface area contributed by atoms with Crippen LogP contribution in [0, 0.1) is 0 Å². The summed E-state index contributed by atoms with van der Waals surface area (Å²) >= 11 is 0. The number of morpholine rings is 1. The number of rotatable bonds is 5. The van der Waals surface area contributed by atoms with Crippen molar-refractivity contribution in [3.8, 4) is 0 Å². The van der Waals surface area contributed by atoms with Crippen molar-refractivity contribution in [1.29, 1.82) is 0 Å². The van der Waals surface area contributed by atoms with Gasteiger partial charge in [-0.25, -0.2) is 0 Å². The fraction of sp³-hybridized carbons (Fsp3) is 0.222. The SMILES string of the molecule is c1ccc(Nc2nc(Nc3cccnc3)nc(N3CCOCC3)n2)cc1. The molecule has 1 aromatic carbocycles. The van der Waals surface area contributed by atoms with Gasteiger partial charge in [0.2, 0.25) is 17.8 Å². The zero-order chi connectivity index (χ0) is 17.6. The summed E-state index contributed by atoms with van der Waals surface area (Å²) in [7, 11) is 0. The van der Waals surface area contributed by atoms with E-state index in [9.17, 15) is 0 Å². The number of benzene rings is 1. The molecule has 3 aromatic rings. The van der Waals surface area contributed by atoms with Crippen molar-refractivity contribution in [2.45, 2.75) is 0 Å². The Morgan fingerprint density at radius 2 is 1.50 bits per heavy atom. The number of aromatic nitrogens is 4. The molecule has 0 bridgehead atoms. The lowest BCUT2D eigenvalue weighted by Gasteiger charge is -2.27. The van der Waals surface area contributed by atoms with Gasteiger partial charge in [0.15, 0.2) is 0 Å². The molecule has 0 atom stereocenters. The molecule has 1 aliphatic rings. The van der Waals surface area contributed by atoms with Gasteiger partial charge in [-0.15, -0.1) is 0 Å². The molecule has 0 unspecified atom stereocenters. The Bertz CT molecular complexity index is 779. The zero-order valence-electron chi connectivity index (χ0n) is 14.2. The van der Waals surface area contributed by atoms with E-state index in [0.717, 1.165) is 24.5 Å². The minimum Gasteiger partial charge on any atom is -0.378 e. The number of nitrogens with one attached hydrogen (secondary N) is 2. The normalized spacial score (nSPS) is 14.1. The van der Waals surface area contributed by atoms with Gasteiger partial charge in [0, 0.05) is 25.0 Å². The van der Waals surface area contributed by atoms with Crippen LogP contribution in [0.5, 0.6) is 0 Å². The standard InChI is InChI=1S/C18H19N7O/c1-2-5-14(6-3-1)20-16-22-17(21-15-7-4-8-19-13-15)24-18(23-16)25-9-11-26-12-10-25/h1-8,13H,9-12H2,(H2,20,21,22,23,24). The Morgan fingerprint density at radius 1 is 0.808 bits per heavy atom. The Balaban J connectivity index is 1.64. The van der Waals surface area contributed by atoms with E-state index in [4.69, 9.17) is 4.74 Å². The largest absolute Gasteiger partial charge is 0.378 e. The van der Waals surface area contributed by atoms with Crippen LogP contribution in [0.15, 0.2) is 54.9 Å². The van der Waals surface area contributed by atoms with Crippen LogP contribution in [-0.2, 0) is 4.74 Å². The quantitative estimate of drug-likeness (QED) is 0.727. The predicted octanol–water partition coefficient (Wildman–Crippen LogP) is 2.59. The van der Waals surface area contributed by atoms with E-state index in [-0.39, 0.29) is 0 Å². The Morgan fingerprint density at radius 3 is 2.19 bits per heavy atom. The summed E-state index contributed by atoms with van der Waals surface area (Å²) < 4.78 is 5.42. The molecule has 2 N–H and O–H groups in total. The summed E-state index contributed by atoms with van der Waals surface area (Å²) in [5, 5.41) is 6.42. The summed E-state index contributed by atoms with van der Waals surface area (Å²) in [6, 6.07) is 13.6. The molecule has 3 heterocycles. The molecule has 26 heavy (non-hydrogen) atoms. The average molecular weight is 349 g/mol. The van der Waals surface area contributed by atoms with Crippen molar-refractivity contribution in [3.63, 3.8) is 0 Å². The first-order chi connectivity index (χ1) is 12.9. The van der Waals surface area contributed by atoms with E-state index >= 15 is 0 Å². The minimum atomic E-state index is 0.466. The fourth-order valence-electron chi connectivity index (χ4n) is 2.60. The van der Waals surface area contributed by atoms with E-state index in [2.05, 4.69) is 35.5 Å². The molecule has 0 spiro atoms. The van der Waals surface area contributed by atoms with Crippen LogP contribution in [0.3, 0.4) is 0 Å². The monoisotopic (exact) mass is 349 g/mol. The summed E-state index contributed by atoms with van der Waals surface area (Å²) in [5.74, 6) is 1.57. The molecular formula is C18H19N7O. The first-order valence-corrected chi connectivity index (χ1v) is 8.45. The number of anilines is 5. The van der Waals surface area contributed by atoms with E-state index in [0.29, 0.717) is 31.1 Å². The molecule has 8 heteroatoms. The van der Waals surface area contributed by atoms with E-state index in [1.165, 1.54) is 0 Å². The van der Waals surface area contributed by atoms with Crippen molar-refractivity contribution in [2.75, 3.05) is 41.8 Å². The van der Waals surface area contributed by atoms with Gasteiger partial charge in [-0.2, -0.15) is 15.0 Å². The molecule has 132 valence electrons. The van der Waals surface area contributed by atoms with Crippen molar-refractivity contribution in [3.05, 3.63) is 54.9 Å². The highest BCUT2D eigenvalue weighted by Gasteiger charge is 2.17. The number of hydrogen-bond acceptors (Lipinski definition) is 8. The van der Waals surface area contributed by atoms with Crippen molar-refractivity contribution in [2.24, 2.45) is 0 Å². The number of pyridine rings is 1. The first-order valence-electron chi connectivity index (χ1n) is 8.45. The Kier molecular flexibility index (Phi) is 4.83. The van der Waals surface area contributed by atoms with Gasteiger partial charge in [0.1, 0.15) is 0 Å². The summed E-state index contributed by atoms with van der Waals surface area (Å²) in [5.41, 5.74) is 1.73. The molecule has 0 amide bonds. The second kappa shape index (κ2) is 7.75. The Hall–Kier alpha value is -3.26. The molecule has 8 nitrogen and oxygen atoms in total. The highest BCUT2D eigenvalue weighted by atomic mass is 16.5. The second-order valence-electron chi connectivity index (χ2n) is 5.74. The molecule has 1 saturated heterocycles. The van der Waals surface area contributed by atoms with E-state index in [1.807, 2.05) is 42.5 Å². The van der Waals surface area contributed by atoms with Gasteiger partial charge in [0.05, 0.1) is 25.1 Å². The average Bonchev–Trinajstić information content (AvgIpc) is 2.70. The lowest BCUT2D eigenvalue weighted by Crippen LogP contribution is -2.37. The van der Waals surface area contributed by atoms with Gasteiger partial charge >= 0.3 is 0 Å². The number of para-hydroxylation sites is 1. The number of nitrogens with zero attached hydrogens (tertiary/aromatic N) is 5. The van der Waals surface area contributed by atoms with Crippen LogP contribution in [0.25, 0.3) is 0 Å². The number of ether oxygens (including phenoxy) is 1. The van der Waals surface area contributed by atoms with Crippen molar-refractivity contribution < 1.29 is 4.74 Å². The van der Waals surface area contributed by atoms with E-state index in [1.54, 1.807) is 12.4 Å². The van der Waals surface area contributed by atoms with Gasteiger partial charge in [-0.3, -0.25) is 4.98 Å². The van der Waals surface area contributed by atoms with Gasteiger partial charge in [-0.05, 0) is 24.3 Å².